The monoisotopic (exact) mass is 411 g/mol. The van der Waals surface area contributed by atoms with Gasteiger partial charge in [0.2, 0.25) is 5.91 Å². The van der Waals surface area contributed by atoms with Gasteiger partial charge in [0.1, 0.15) is 23.7 Å². The Kier molecular flexibility index (Phi) is 5.39. The van der Waals surface area contributed by atoms with Gasteiger partial charge in [-0.2, -0.15) is 0 Å². The second kappa shape index (κ2) is 8.14. The molecule has 0 aromatic heterocycles. The van der Waals surface area contributed by atoms with E-state index in [0.717, 1.165) is 0 Å². The molecule has 2 aliphatic rings. The van der Waals surface area contributed by atoms with Crippen LogP contribution in [0.15, 0.2) is 48.5 Å². The second-order valence-electron chi connectivity index (χ2n) is 7.70. The zero-order valence-corrected chi connectivity index (χ0v) is 16.2. The summed E-state index contributed by atoms with van der Waals surface area (Å²) in [5.41, 5.74) is 0.436. The van der Waals surface area contributed by atoms with Crippen LogP contribution in [0.2, 0.25) is 0 Å². The molecule has 1 heterocycles. The first-order valence-corrected chi connectivity index (χ1v) is 9.85. The van der Waals surface area contributed by atoms with E-state index in [9.17, 15) is 18.8 Å². The molecule has 1 aliphatic carbocycles. The van der Waals surface area contributed by atoms with Crippen LogP contribution in [0.5, 0.6) is 5.75 Å². The van der Waals surface area contributed by atoms with Crippen molar-refractivity contribution in [2.24, 2.45) is 5.92 Å². The van der Waals surface area contributed by atoms with Crippen LogP contribution in [0, 0.1) is 11.7 Å². The third-order valence-corrected chi connectivity index (χ3v) is 5.62. The van der Waals surface area contributed by atoms with Crippen LogP contribution < -0.4 is 20.7 Å². The van der Waals surface area contributed by atoms with Crippen LogP contribution in [-0.4, -0.2) is 23.4 Å². The number of carbonyl (C=O) groups excluding carboxylic acids is 3. The summed E-state index contributed by atoms with van der Waals surface area (Å²) in [5, 5.41) is 7.86. The molecular formula is C22H22FN3O4. The highest BCUT2D eigenvalue weighted by molar-refractivity contribution is 6.07. The van der Waals surface area contributed by atoms with Gasteiger partial charge < -0.3 is 15.4 Å². The van der Waals surface area contributed by atoms with Gasteiger partial charge in [0.25, 0.3) is 5.91 Å². The Morgan fingerprint density at radius 3 is 2.60 bits per heavy atom. The van der Waals surface area contributed by atoms with Crippen LogP contribution in [0.3, 0.4) is 0 Å². The van der Waals surface area contributed by atoms with Crippen LogP contribution in [0.1, 0.15) is 31.2 Å². The van der Waals surface area contributed by atoms with Gasteiger partial charge >= 0.3 is 6.03 Å². The third kappa shape index (κ3) is 4.27. The quantitative estimate of drug-likeness (QED) is 0.659. The summed E-state index contributed by atoms with van der Waals surface area (Å²) in [7, 11) is 0. The van der Waals surface area contributed by atoms with Gasteiger partial charge in [-0.3, -0.25) is 14.9 Å². The van der Waals surface area contributed by atoms with Crippen molar-refractivity contribution in [1.82, 2.24) is 10.6 Å². The van der Waals surface area contributed by atoms with Crippen molar-refractivity contribution in [3.05, 3.63) is 59.9 Å². The van der Waals surface area contributed by atoms with E-state index in [2.05, 4.69) is 16.0 Å². The van der Waals surface area contributed by atoms with E-state index in [-0.39, 0.29) is 30.2 Å². The number of imide groups is 1. The molecule has 3 N–H and O–H groups in total. The highest BCUT2D eigenvalue weighted by Gasteiger charge is 2.48. The molecule has 2 fully saturated rings. The van der Waals surface area contributed by atoms with Crippen molar-refractivity contribution in [3.63, 3.8) is 0 Å². The number of amides is 4. The summed E-state index contributed by atoms with van der Waals surface area (Å²) in [4.78, 5) is 36.1. The first-order valence-electron chi connectivity index (χ1n) is 9.85. The predicted octanol–water partition coefficient (Wildman–Crippen LogP) is 3.11. The van der Waals surface area contributed by atoms with Crippen LogP contribution in [0.25, 0.3) is 0 Å². The molecular weight excluding hydrogens is 389 g/mol. The Morgan fingerprint density at radius 2 is 1.90 bits per heavy atom. The molecule has 7 nitrogen and oxygen atoms in total. The predicted molar refractivity (Wildman–Crippen MR) is 107 cm³/mol. The zero-order valence-electron chi connectivity index (χ0n) is 16.2. The fourth-order valence-corrected chi connectivity index (χ4v) is 3.95. The highest BCUT2D eigenvalue weighted by Crippen LogP contribution is 2.35. The summed E-state index contributed by atoms with van der Waals surface area (Å²) in [6.45, 7) is 0.216. The first-order chi connectivity index (χ1) is 14.4. The van der Waals surface area contributed by atoms with E-state index in [1.54, 1.807) is 36.4 Å². The Bertz CT molecular complexity index is 986. The van der Waals surface area contributed by atoms with E-state index in [1.807, 2.05) is 0 Å². The number of urea groups is 1. The topological polar surface area (TPSA) is 96.5 Å². The van der Waals surface area contributed by atoms with E-state index in [4.69, 9.17) is 4.74 Å². The Morgan fingerprint density at radius 1 is 1.13 bits per heavy atom. The van der Waals surface area contributed by atoms with Crippen molar-refractivity contribution >= 4 is 23.5 Å². The zero-order chi connectivity index (χ0) is 21.1. The van der Waals surface area contributed by atoms with Crippen molar-refractivity contribution < 1.29 is 23.5 Å². The van der Waals surface area contributed by atoms with Crippen molar-refractivity contribution in [1.29, 1.82) is 0 Å². The minimum absolute atomic E-state index is 0.128. The molecule has 4 amide bonds. The van der Waals surface area contributed by atoms with Crippen molar-refractivity contribution in [2.75, 3.05) is 5.32 Å². The van der Waals surface area contributed by atoms with Gasteiger partial charge in [-0.15, -0.1) is 0 Å². The fraction of sp³-hybridized carbons (Fsp3) is 0.318. The van der Waals surface area contributed by atoms with Crippen molar-refractivity contribution in [2.45, 2.75) is 37.8 Å². The van der Waals surface area contributed by atoms with Crippen molar-refractivity contribution in [3.8, 4) is 5.75 Å². The van der Waals surface area contributed by atoms with Crippen LogP contribution in [-0.2, 0) is 16.2 Å². The van der Waals surface area contributed by atoms with Gasteiger partial charge in [-0.05, 0) is 55.5 Å². The maximum atomic E-state index is 13.3. The lowest BCUT2D eigenvalue weighted by Crippen LogP contribution is -2.50. The molecule has 0 bridgehead atoms. The number of hydrogen-bond acceptors (Lipinski definition) is 4. The first kappa shape index (κ1) is 19.9. The van der Waals surface area contributed by atoms with E-state index in [0.29, 0.717) is 42.7 Å². The molecule has 0 radical (unpaired) electrons. The lowest BCUT2D eigenvalue weighted by molar-refractivity contribution is -0.128. The molecule has 8 heteroatoms. The lowest BCUT2D eigenvalue weighted by Gasteiger charge is -2.33. The fourth-order valence-electron chi connectivity index (χ4n) is 3.95. The summed E-state index contributed by atoms with van der Waals surface area (Å²) >= 11 is 0. The number of anilines is 1. The minimum Gasteiger partial charge on any atom is -0.489 e. The largest absolute Gasteiger partial charge is 0.489 e. The summed E-state index contributed by atoms with van der Waals surface area (Å²) in [6, 6.07) is 12.7. The van der Waals surface area contributed by atoms with Gasteiger partial charge in [0.05, 0.1) is 0 Å². The molecule has 1 aliphatic heterocycles. The summed E-state index contributed by atoms with van der Waals surface area (Å²) in [5.74, 6) is -0.435. The molecule has 0 unspecified atom stereocenters. The second-order valence-corrected chi connectivity index (χ2v) is 7.70. The number of nitrogens with one attached hydrogen (secondary N) is 3. The molecule has 4 rings (SSSR count). The Labute approximate surface area is 173 Å². The molecule has 1 saturated heterocycles. The molecule has 156 valence electrons. The third-order valence-electron chi connectivity index (χ3n) is 5.62. The Hall–Kier alpha value is -3.42. The number of rotatable bonds is 5. The molecule has 2 aromatic carbocycles. The summed E-state index contributed by atoms with van der Waals surface area (Å²) in [6.07, 6.45) is 1.88. The number of benzene rings is 2. The molecule has 1 spiro atoms. The smallest absolute Gasteiger partial charge is 0.322 e. The molecule has 0 atom stereocenters. The molecule has 1 saturated carbocycles. The van der Waals surface area contributed by atoms with Gasteiger partial charge in [0.15, 0.2) is 0 Å². The average molecular weight is 411 g/mol. The number of halogens is 1. The lowest BCUT2D eigenvalue weighted by atomic mass is 9.76. The minimum atomic E-state index is -0.876. The molecule has 30 heavy (non-hydrogen) atoms. The van der Waals surface area contributed by atoms with Crippen LogP contribution in [0.4, 0.5) is 14.9 Å². The van der Waals surface area contributed by atoms with E-state index >= 15 is 0 Å². The average Bonchev–Trinajstić information content (AvgIpc) is 3.00. The number of ether oxygens (including phenoxy) is 1. The van der Waals surface area contributed by atoms with Gasteiger partial charge in [0, 0.05) is 17.7 Å². The highest BCUT2D eigenvalue weighted by atomic mass is 19.1. The summed E-state index contributed by atoms with van der Waals surface area (Å²) < 4.78 is 19.0. The van der Waals surface area contributed by atoms with E-state index < -0.39 is 11.6 Å². The number of hydrogen-bond donors (Lipinski definition) is 3. The number of carbonyl (C=O) groups is 3. The normalized spacial score (nSPS) is 23.0. The maximum absolute atomic E-state index is 13.3. The standard InChI is InChI=1S/C22H22FN3O4/c23-16-4-1-3-14(11-16)13-30-18-6-2-5-17(12-18)24-19(27)15-7-9-22(10-8-15)20(28)25-21(29)26-22/h1-6,11-12,15H,7-10,13H2,(H,24,27)(H2,25,26,28,29). The maximum Gasteiger partial charge on any atom is 0.322 e. The van der Waals surface area contributed by atoms with E-state index in [1.165, 1.54) is 12.1 Å². The van der Waals surface area contributed by atoms with Gasteiger partial charge in [-0.1, -0.05) is 18.2 Å². The SMILES string of the molecule is O=C1NC(=O)C2(CCC(C(=O)Nc3cccc(OCc4cccc(F)c4)c3)CC2)N1. The molecule has 2 aromatic rings. The van der Waals surface area contributed by atoms with Crippen LogP contribution >= 0.6 is 0 Å². The Balaban J connectivity index is 1.32. The van der Waals surface area contributed by atoms with Gasteiger partial charge in [-0.25, -0.2) is 9.18 Å².